The topological polar surface area (TPSA) is 12.0 Å². The molecule has 1 aliphatic rings. The summed E-state index contributed by atoms with van der Waals surface area (Å²) >= 11 is 11.5. The van der Waals surface area contributed by atoms with Gasteiger partial charge in [-0.2, -0.15) is 0 Å². The summed E-state index contributed by atoms with van der Waals surface area (Å²) in [5.41, 5.74) is 0.162. The highest BCUT2D eigenvalue weighted by atomic mass is 79.9. The molecule has 2 rings (SSSR count). The van der Waals surface area contributed by atoms with Gasteiger partial charge in [0, 0.05) is 22.8 Å². The van der Waals surface area contributed by atoms with E-state index in [1.54, 1.807) is 11.3 Å². The first-order valence-electron chi connectivity index (χ1n) is 6.19. The monoisotopic (exact) mass is 335 g/mol. The zero-order valence-electron chi connectivity index (χ0n) is 10.1. The summed E-state index contributed by atoms with van der Waals surface area (Å²) in [4.78, 5) is 1.37. The van der Waals surface area contributed by atoms with E-state index in [2.05, 4.69) is 40.3 Å². The van der Waals surface area contributed by atoms with Crippen LogP contribution >= 0.6 is 38.9 Å². The number of nitrogens with one attached hydrogen (secondary N) is 1. The van der Waals surface area contributed by atoms with Crippen LogP contribution in [-0.4, -0.2) is 11.4 Å². The van der Waals surface area contributed by atoms with E-state index in [1.165, 1.54) is 34.3 Å². The van der Waals surface area contributed by atoms with Crippen LogP contribution in [-0.2, 0) is 6.54 Å². The highest BCUT2D eigenvalue weighted by molar-refractivity contribution is 9.11. The zero-order valence-corrected chi connectivity index (χ0v) is 13.3. The molecule has 17 heavy (non-hydrogen) atoms. The molecule has 0 amide bonds. The minimum absolute atomic E-state index is 0.162. The largest absolute Gasteiger partial charge is 0.305 e. The molecular weight excluding hydrogens is 318 g/mol. The lowest BCUT2D eigenvalue weighted by Crippen LogP contribution is -2.49. The first-order valence-corrected chi connectivity index (χ1v) is 8.33. The second kappa shape index (κ2) is 6.05. The molecule has 2 unspecified atom stereocenters. The lowest BCUT2D eigenvalue weighted by molar-refractivity contribution is 0.208. The van der Waals surface area contributed by atoms with Crippen LogP contribution in [0.5, 0.6) is 0 Å². The highest BCUT2D eigenvalue weighted by Crippen LogP contribution is 2.34. The van der Waals surface area contributed by atoms with Crippen LogP contribution in [0.2, 0.25) is 0 Å². The van der Waals surface area contributed by atoms with Gasteiger partial charge in [-0.1, -0.05) is 19.8 Å². The summed E-state index contributed by atoms with van der Waals surface area (Å²) in [6, 6.07) is 4.29. The van der Waals surface area contributed by atoms with Crippen molar-refractivity contribution in [2.75, 3.05) is 5.88 Å². The van der Waals surface area contributed by atoms with Gasteiger partial charge in [-0.3, -0.25) is 0 Å². The Bertz CT molecular complexity index is 368. The van der Waals surface area contributed by atoms with Gasteiger partial charge in [-0.05, 0) is 46.8 Å². The molecule has 1 aromatic heterocycles. The zero-order chi connectivity index (χ0) is 12.3. The summed E-state index contributed by atoms with van der Waals surface area (Å²) in [5.74, 6) is 1.52. The average Bonchev–Trinajstić information content (AvgIpc) is 2.73. The van der Waals surface area contributed by atoms with E-state index in [0.717, 1.165) is 18.3 Å². The summed E-state index contributed by atoms with van der Waals surface area (Å²) in [7, 11) is 0. The van der Waals surface area contributed by atoms with E-state index in [0.29, 0.717) is 0 Å². The Morgan fingerprint density at radius 2 is 2.41 bits per heavy atom. The van der Waals surface area contributed by atoms with Gasteiger partial charge in [0.1, 0.15) is 0 Å². The molecule has 0 saturated heterocycles. The van der Waals surface area contributed by atoms with Crippen molar-refractivity contribution in [1.82, 2.24) is 5.32 Å². The maximum atomic E-state index is 6.21. The van der Waals surface area contributed by atoms with Gasteiger partial charge < -0.3 is 5.32 Å². The fourth-order valence-corrected chi connectivity index (χ4v) is 4.47. The minimum Gasteiger partial charge on any atom is -0.305 e. The van der Waals surface area contributed by atoms with Gasteiger partial charge in [0.25, 0.3) is 0 Å². The third-order valence-electron chi connectivity index (χ3n) is 3.61. The van der Waals surface area contributed by atoms with Crippen molar-refractivity contribution < 1.29 is 0 Å². The number of alkyl halides is 1. The third kappa shape index (κ3) is 3.69. The van der Waals surface area contributed by atoms with Crippen molar-refractivity contribution in [2.24, 2.45) is 5.92 Å². The van der Waals surface area contributed by atoms with E-state index in [9.17, 15) is 0 Å². The van der Waals surface area contributed by atoms with Crippen molar-refractivity contribution in [3.63, 3.8) is 0 Å². The summed E-state index contributed by atoms with van der Waals surface area (Å²) in [6.07, 6.45) is 5.08. The van der Waals surface area contributed by atoms with Crippen molar-refractivity contribution in [2.45, 2.75) is 44.7 Å². The van der Waals surface area contributed by atoms with Crippen molar-refractivity contribution in [3.8, 4) is 0 Å². The fraction of sp³-hybridized carbons (Fsp3) is 0.692. The minimum atomic E-state index is 0.162. The van der Waals surface area contributed by atoms with Crippen LogP contribution in [0.1, 0.15) is 37.5 Å². The predicted molar refractivity (Wildman–Crippen MR) is 79.9 cm³/mol. The molecule has 0 aromatic carbocycles. The van der Waals surface area contributed by atoms with E-state index >= 15 is 0 Å². The molecule has 0 radical (unpaired) electrons. The standard InChI is InChI=1S/C13H19BrClNS/c1-10-3-2-6-13(7-10,9-15)16-8-11-4-5-12(14)17-11/h4-5,10,16H,2-3,6-9H2,1H3. The maximum absolute atomic E-state index is 6.21. The Labute approximate surface area is 121 Å². The smallest absolute Gasteiger partial charge is 0.0701 e. The number of hydrogen-bond donors (Lipinski definition) is 1. The van der Waals surface area contributed by atoms with Crippen LogP contribution in [0.4, 0.5) is 0 Å². The van der Waals surface area contributed by atoms with E-state index in [4.69, 9.17) is 11.6 Å². The van der Waals surface area contributed by atoms with E-state index in [1.807, 2.05) is 0 Å². The molecular formula is C13H19BrClNS. The van der Waals surface area contributed by atoms with Crippen LogP contribution in [0.25, 0.3) is 0 Å². The lowest BCUT2D eigenvalue weighted by Gasteiger charge is -2.39. The Morgan fingerprint density at radius 1 is 1.59 bits per heavy atom. The number of thiophene rings is 1. The molecule has 1 fully saturated rings. The molecule has 2 atom stereocenters. The molecule has 1 aromatic rings. The summed E-state index contributed by atoms with van der Waals surface area (Å²) < 4.78 is 1.20. The van der Waals surface area contributed by atoms with Crippen LogP contribution in [0.15, 0.2) is 15.9 Å². The summed E-state index contributed by atoms with van der Waals surface area (Å²) in [5, 5.41) is 3.70. The third-order valence-corrected chi connectivity index (χ3v) is 5.75. The number of halogens is 2. The number of hydrogen-bond acceptors (Lipinski definition) is 2. The Kier molecular flexibility index (Phi) is 4.93. The van der Waals surface area contributed by atoms with Crippen LogP contribution in [0.3, 0.4) is 0 Å². The quantitative estimate of drug-likeness (QED) is 0.780. The summed E-state index contributed by atoms with van der Waals surface area (Å²) in [6.45, 7) is 3.28. The Hall–Kier alpha value is 0.430. The normalized spacial score (nSPS) is 29.5. The first kappa shape index (κ1) is 13.9. The van der Waals surface area contributed by atoms with E-state index < -0.39 is 0 Å². The predicted octanol–water partition coefficient (Wildman–Crippen LogP) is 4.79. The van der Waals surface area contributed by atoms with Crippen LogP contribution < -0.4 is 5.32 Å². The fourth-order valence-electron chi connectivity index (χ4n) is 2.71. The van der Waals surface area contributed by atoms with Crippen LogP contribution in [0, 0.1) is 5.92 Å². The van der Waals surface area contributed by atoms with Crippen molar-refractivity contribution in [1.29, 1.82) is 0 Å². The Morgan fingerprint density at radius 3 is 3.00 bits per heavy atom. The second-order valence-electron chi connectivity index (χ2n) is 5.17. The molecule has 1 nitrogen and oxygen atoms in total. The number of rotatable bonds is 4. The molecule has 4 heteroatoms. The highest BCUT2D eigenvalue weighted by Gasteiger charge is 2.33. The molecule has 0 spiro atoms. The first-order chi connectivity index (χ1) is 8.13. The average molecular weight is 337 g/mol. The van der Waals surface area contributed by atoms with E-state index in [-0.39, 0.29) is 5.54 Å². The molecule has 0 bridgehead atoms. The van der Waals surface area contributed by atoms with Gasteiger partial charge in [-0.15, -0.1) is 22.9 Å². The van der Waals surface area contributed by atoms with Gasteiger partial charge in [0.15, 0.2) is 0 Å². The molecule has 1 N–H and O–H groups in total. The second-order valence-corrected chi connectivity index (χ2v) is 7.99. The molecule has 1 saturated carbocycles. The molecule has 1 aliphatic carbocycles. The molecule has 0 aliphatic heterocycles. The van der Waals surface area contributed by atoms with Crippen molar-refractivity contribution >= 4 is 38.9 Å². The van der Waals surface area contributed by atoms with Gasteiger partial charge in [0.2, 0.25) is 0 Å². The van der Waals surface area contributed by atoms with Crippen molar-refractivity contribution in [3.05, 3.63) is 20.8 Å². The van der Waals surface area contributed by atoms with Gasteiger partial charge >= 0.3 is 0 Å². The Balaban J connectivity index is 1.94. The maximum Gasteiger partial charge on any atom is 0.0701 e. The van der Waals surface area contributed by atoms with Gasteiger partial charge in [0.05, 0.1) is 3.79 Å². The van der Waals surface area contributed by atoms with Gasteiger partial charge in [-0.25, -0.2) is 0 Å². The molecule has 96 valence electrons. The lowest BCUT2D eigenvalue weighted by atomic mass is 9.77. The SMILES string of the molecule is CC1CCCC(CCl)(NCc2ccc(Br)s2)C1. The molecule has 1 heterocycles.